The molecule has 2 aromatic rings. The summed E-state index contributed by atoms with van der Waals surface area (Å²) in [6, 6.07) is 9.02. The van der Waals surface area contributed by atoms with Crippen LogP contribution in [0, 0.1) is 17.5 Å². The van der Waals surface area contributed by atoms with Gasteiger partial charge in [0, 0.05) is 19.6 Å². The van der Waals surface area contributed by atoms with Crippen molar-refractivity contribution in [2.24, 2.45) is 0 Å². The second-order valence-electron chi connectivity index (χ2n) is 6.02. The molecule has 7 heteroatoms. The van der Waals surface area contributed by atoms with Crippen molar-refractivity contribution in [3.05, 3.63) is 71.0 Å². The van der Waals surface area contributed by atoms with Crippen LogP contribution >= 0.6 is 0 Å². The van der Waals surface area contributed by atoms with E-state index in [1.165, 1.54) is 18.2 Å². The summed E-state index contributed by atoms with van der Waals surface area (Å²) in [6.07, 6.45) is 0. The molecule has 138 valence electrons. The lowest BCUT2D eigenvalue weighted by Gasteiger charge is -2.35. The van der Waals surface area contributed by atoms with Crippen LogP contribution in [-0.2, 0) is 4.74 Å². The van der Waals surface area contributed by atoms with Crippen LogP contribution in [0.5, 0.6) is 0 Å². The third-order valence-electron chi connectivity index (χ3n) is 4.39. The Morgan fingerprint density at radius 1 is 1.04 bits per heavy atom. The van der Waals surface area contributed by atoms with Crippen LogP contribution in [0.3, 0.4) is 0 Å². The minimum absolute atomic E-state index is 0.137. The van der Waals surface area contributed by atoms with E-state index < -0.39 is 23.1 Å². The number of carbonyl (C=O) groups is 1. The van der Waals surface area contributed by atoms with Gasteiger partial charge in [-0.3, -0.25) is 9.69 Å². The highest BCUT2D eigenvalue weighted by Crippen LogP contribution is 2.22. The van der Waals surface area contributed by atoms with E-state index in [0.717, 1.165) is 17.7 Å². The number of nitrogens with zero attached hydrogens (tertiary/aromatic N) is 1. The summed E-state index contributed by atoms with van der Waals surface area (Å²) in [4.78, 5) is 14.4. The minimum atomic E-state index is -0.910. The Labute approximate surface area is 149 Å². The number of morpholine rings is 1. The average molecular weight is 364 g/mol. The van der Waals surface area contributed by atoms with Crippen molar-refractivity contribution in [1.82, 2.24) is 10.2 Å². The van der Waals surface area contributed by atoms with Crippen molar-refractivity contribution in [2.75, 3.05) is 32.8 Å². The Morgan fingerprint density at radius 3 is 2.27 bits per heavy atom. The van der Waals surface area contributed by atoms with E-state index in [-0.39, 0.29) is 18.4 Å². The molecule has 1 atom stereocenters. The molecule has 1 aliphatic rings. The SMILES string of the molecule is O=C(NC[C@@H](c1ccc(F)cc1)N1CCOCC1)c1c(F)cccc1F. The highest BCUT2D eigenvalue weighted by atomic mass is 19.1. The standard InChI is InChI=1S/C19H19F3N2O2/c20-14-6-4-13(5-7-14)17(24-8-10-26-11-9-24)12-23-19(25)18-15(21)2-1-3-16(18)22/h1-7,17H,8-12H2,(H,23,25)/t17-/m0/s1. The summed E-state index contributed by atoms with van der Waals surface area (Å²) in [6.45, 7) is 2.53. The first-order valence-electron chi connectivity index (χ1n) is 8.35. The summed E-state index contributed by atoms with van der Waals surface area (Å²) < 4.78 is 46.1. The van der Waals surface area contributed by atoms with Crippen LogP contribution in [0.1, 0.15) is 22.0 Å². The number of hydrogen-bond donors (Lipinski definition) is 1. The van der Waals surface area contributed by atoms with Gasteiger partial charge in [-0.1, -0.05) is 18.2 Å². The van der Waals surface area contributed by atoms with Crippen LogP contribution in [0.15, 0.2) is 42.5 Å². The van der Waals surface area contributed by atoms with E-state index in [4.69, 9.17) is 4.74 Å². The molecule has 0 saturated carbocycles. The van der Waals surface area contributed by atoms with E-state index in [2.05, 4.69) is 10.2 Å². The minimum Gasteiger partial charge on any atom is -0.379 e. The normalized spacial score (nSPS) is 16.3. The van der Waals surface area contributed by atoms with E-state index in [9.17, 15) is 18.0 Å². The molecule has 0 radical (unpaired) electrons. The third kappa shape index (κ3) is 4.23. The van der Waals surface area contributed by atoms with Crippen molar-refractivity contribution in [1.29, 1.82) is 0 Å². The molecule has 0 aromatic heterocycles. The zero-order valence-electron chi connectivity index (χ0n) is 14.1. The van der Waals surface area contributed by atoms with Crippen LogP contribution < -0.4 is 5.32 Å². The van der Waals surface area contributed by atoms with Crippen molar-refractivity contribution in [2.45, 2.75) is 6.04 Å². The quantitative estimate of drug-likeness (QED) is 0.887. The Bertz CT molecular complexity index is 742. The molecule has 3 rings (SSSR count). The number of nitrogens with one attached hydrogen (secondary N) is 1. The zero-order chi connectivity index (χ0) is 18.5. The molecule has 0 aliphatic carbocycles. The molecular formula is C19H19F3N2O2. The van der Waals surface area contributed by atoms with Crippen molar-refractivity contribution >= 4 is 5.91 Å². The van der Waals surface area contributed by atoms with Gasteiger partial charge in [-0.25, -0.2) is 13.2 Å². The maximum Gasteiger partial charge on any atom is 0.257 e. The number of ether oxygens (including phenoxy) is 1. The highest BCUT2D eigenvalue weighted by molar-refractivity contribution is 5.94. The zero-order valence-corrected chi connectivity index (χ0v) is 14.1. The van der Waals surface area contributed by atoms with Gasteiger partial charge in [0.15, 0.2) is 0 Å². The molecule has 1 aliphatic heterocycles. The van der Waals surface area contributed by atoms with E-state index in [1.807, 2.05) is 0 Å². The molecule has 1 saturated heterocycles. The predicted octanol–water partition coefficient (Wildman–Crippen LogP) is 2.91. The number of amides is 1. The largest absolute Gasteiger partial charge is 0.379 e. The second-order valence-corrected chi connectivity index (χ2v) is 6.02. The lowest BCUT2D eigenvalue weighted by atomic mass is 10.0. The van der Waals surface area contributed by atoms with Crippen molar-refractivity contribution in [3.63, 3.8) is 0 Å². The summed E-state index contributed by atoms with van der Waals surface area (Å²) >= 11 is 0. The van der Waals surface area contributed by atoms with Crippen molar-refractivity contribution in [3.8, 4) is 0 Å². The first kappa shape index (κ1) is 18.4. The molecule has 0 bridgehead atoms. The fraction of sp³-hybridized carbons (Fsp3) is 0.316. The first-order chi connectivity index (χ1) is 12.6. The average Bonchev–Trinajstić information content (AvgIpc) is 2.64. The molecular weight excluding hydrogens is 345 g/mol. The van der Waals surface area contributed by atoms with Gasteiger partial charge < -0.3 is 10.1 Å². The van der Waals surface area contributed by atoms with E-state index in [1.54, 1.807) is 12.1 Å². The first-order valence-corrected chi connectivity index (χ1v) is 8.35. The topological polar surface area (TPSA) is 41.6 Å². The maximum atomic E-state index is 13.8. The van der Waals surface area contributed by atoms with Crippen molar-refractivity contribution < 1.29 is 22.7 Å². The molecule has 2 aromatic carbocycles. The molecule has 1 N–H and O–H groups in total. The summed E-state index contributed by atoms with van der Waals surface area (Å²) in [7, 11) is 0. The molecule has 0 unspecified atom stereocenters. The highest BCUT2D eigenvalue weighted by Gasteiger charge is 2.24. The van der Waals surface area contributed by atoms with Gasteiger partial charge in [-0.15, -0.1) is 0 Å². The predicted molar refractivity (Wildman–Crippen MR) is 90.2 cm³/mol. The number of halogens is 3. The van der Waals surface area contributed by atoms with E-state index in [0.29, 0.717) is 26.3 Å². The Balaban J connectivity index is 1.77. The molecule has 26 heavy (non-hydrogen) atoms. The van der Waals surface area contributed by atoms with Crippen LogP contribution in [-0.4, -0.2) is 43.7 Å². The van der Waals surface area contributed by atoms with Gasteiger partial charge in [0.2, 0.25) is 0 Å². The fourth-order valence-corrected chi connectivity index (χ4v) is 3.02. The molecule has 1 fully saturated rings. The van der Waals surface area contributed by atoms with Gasteiger partial charge in [0.1, 0.15) is 23.0 Å². The monoisotopic (exact) mass is 364 g/mol. The van der Waals surface area contributed by atoms with Gasteiger partial charge in [-0.05, 0) is 29.8 Å². The smallest absolute Gasteiger partial charge is 0.257 e. The van der Waals surface area contributed by atoms with Gasteiger partial charge in [0.05, 0.1) is 19.3 Å². The summed E-state index contributed by atoms with van der Waals surface area (Å²) in [5.74, 6) is -2.99. The van der Waals surface area contributed by atoms with Gasteiger partial charge >= 0.3 is 0 Å². The Kier molecular flexibility index (Phi) is 5.90. The van der Waals surface area contributed by atoms with Gasteiger partial charge in [0.25, 0.3) is 5.91 Å². The molecule has 1 amide bonds. The third-order valence-corrected chi connectivity index (χ3v) is 4.39. The number of benzene rings is 2. The number of carbonyl (C=O) groups excluding carboxylic acids is 1. The number of hydrogen-bond acceptors (Lipinski definition) is 3. The Hall–Kier alpha value is -2.38. The van der Waals surface area contributed by atoms with Crippen LogP contribution in [0.25, 0.3) is 0 Å². The lowest BCUT2D eigenvalue weighted by molar-refractivity contribution is 0.0162. The summed E-state index contributed by atoms with van der Waals surface area (Å²) in [5.41, 5.74) is 0.204. The summed E-state index contributed by atoms with van der Waals surface area (Å²) in [5, 5.41) is 2.60. The van der Waals surface area contributed by atoms with Crippen LogP contribution in [0.4, 0.5) is 13.2 Å². The molecule has 4 nitrogen and oxygen atoms in total. The van der Waals surface area contributed by atoms with Gasteiger partial charge in [-0.2, -0.15) is 0 Å². The lowest BCUT2D eigenvalue weighted by Crippen LogP contribution is -2.44. The Morgan fingerprint density at radius 2 is 1.65 bits per heavy atom. The number of rotatable bonds is 5. The van der Waals surface area contributed by atoms with E-state index >= 15 is 0 Å². The molecule has 0 spiro atoms. The maximum absolute atomic E-state index is 13.8. The van der Waals surface area contributed by atoms with Crippen LogP contribution in [0.2, 0.25) is 0 Å². The fourth-order valence-electron chi connectivity index (χ4n) is 3.02. The molecule has 1 heterocycles. The second kappa shape index (κ2) is 8.33.